The van der Waals surface area contributed by atoms with E-state index < -0.39 is 54.5 Å². The zero-order chi connectivity index (χ0) is 17.1. The van der Waals surface area contributed by atoms with Crippen molar-refractivity contribution in [2.45, 2.75) is 50.4 Å². The maximum absolute atomic E-state index is 11.5. The van der Waals surface area contributed by atoms with Crippen molar-refractivity contribution < 1.29 is 39.5 Å². The number of aliphatic carboxylic acids is 1. The van der Waals surface area contributed by atoms with Gasteiger partial charge in [-0.25, -0.2) is 4.79 Å². The van der Waals surface area contributed by atoms with Crippen molar-refractivity contribution in [1.29, 1.82) is 0 Å². The van der Waals surface area contributed by atoms with Gasteiger partial charge in [-0.3, -0.25) is 4.79 Å². The van der Waals surface area contributed by atoms with Crippen molar-refractivity contribution in [3.05, 3.63) is 0 Å². The van der Waals surface area contributed by atoms with Gasteiger partial charge in [0.1, 0.15) is 18.3 Å². The maximum Gasteiger partial charge on any atom is 0.364 e. The first-order valence-electron chi connectivity index (χ1n) is 6.89. The predicted octanol–water partition coefficient (Wildman–Crippen LogP) is -1.94. The van der Waals surface area contributed by atoms with E-state index in [0.29, 0.717) is 0 Å². The van der Waals surface area contributed by atoms with Crippen LogP contribution in [0.25, 0.3) is 0 Å². The summed E-state index contributed by atoms with van der Waals surface area (Å²) in [6, 6.07) is -0.740. The lowest BCUT2D eigenvalue weighted by Gasteiger charge is -2.46. The number of amides is 1. The molecule has 0 aliphatic carbocycles. The Morgan fingerprint density at radius 1 is 1.45 bits per heavy atom. The van der Waals surface area contributed by atoms with Crippen molar-refractivity contribution in [3.8, 4) is 0 Å². The molecule has 6 atom stereocenters. The molecular formula is C13H23NO8. The largest absolute Gasteiger partial charge is 0.477 e. The van der Waals surface area contributed by atoms with Crippen LogP contribution in [0.4, 0.5) is 0 Å². The minimum absolute atomic E-state index is 0.0534. The van der Waals surface area contributed by atoms with E-state index in [1.807, 2.05) is 0 Å². The number of methoxy groups -OCH3 is 1. The molecule has 1 fully saturated rings. The van der Waals surface area contributed by atoms with Gasteiger partial charge in [-0.15, -0.1) is 0 Å². The van der Waals surface area contributed by atoms with Crippen LogP contribution in [-0.4, -0.2) is 76.2 Å². The van der Waals surface area contributed by atoms with Crippen LogP contribution < -0.4 is 5.32 Å². The number of aliphatic hydroxyl groups excluding tert-OH is 3. The molecule has 0 bridgehead atoms. The molecule has 0 saturated carbocycles. The molecule has 22 heavy (non-hydrogen) atoms. The summed E-state index contributed by atoms with van der Waals surface area (Å²) < 4.78 is 10.4. The minimum Gasteiger partial charge on any atom is -0.477 e. The van der Waals surface area contributed by atoms with Gasteiger partial charge >= 0.3 is 5.97 Å². The number of hydrogen-bond donors (Lipinski definition) is 5. The molecule has 9 nitrogen and oxygen atoms in total. The van der Waals surface area contributed by atoms with Crippen LogP contribution in [0.15, 0.2) is 0 Å². The monoisotopic (exact) mass is 321 g/mol. The number of carbonyl (C=O) groups excluding carboxylic acids is 1. The van der Waals surface area contributed by atoms with Gasteiger partial charge in [0.15, 0.2) is 0 Å². The lowest BCUT2D eigenvalue weighted by atomic mass is 9.83. The molecule has 0 radical (unpaired) electrons. The molecule has 1 aliphatic heterocycles. The van der Waals surface area contributed by atoms with Crippen LogP contribution in [-0.2, 0) is 19.1 Å². The minimum atomic E-state index is -1.99. The van der Waals surface area contributed by atoms with Crippen molar-refractivity contribution in [2.24, 2.45) is 5.92 Å². The molecular weight excluding hydrogens is 298 g/mol. The van der Waals surface area contributed by atoms with Crippen LogP contribution in [0.1, 0.15) is 20.3 Å². The molecule has 1 rings (SSSR count). The van der Waals surface area contributed by atoms with Crippen LogP contribution in [0.3, 0.4) is 0 Å². The van der Waals surface area contributed by atoms with Gasteiger partial charge in [0, 0.05) is 20.5 Å². The second-order valence-electron chi connectivity index (χ2n) is 5.49. The van der Waals surface area contributed by atoms with Gasteiger partial charge in [-0.1, -0.05) is 6.92 Å². The topological polar surface area (TPSA) is 146 Å². The second kappa shape index (κ2) is 7.34. The maximum atomic E-state index is 11.5. The molecule has 6 unspecified atom stereocenters. The molecule has 1 heterocycles. The van der Waals surface area contributed by atoms with E-state index in [2.05, 4.69) is 5.32 Å². The first kappa shape index (κ1) is 18.8. The average molecular weight is 321 g/mol. The third kappa shape index (κ3) is 3.73. The lowest BCUT2D eigenvalue weighted by Crippen LogP contribution is -2.65. The zero-order valence-electron chi connectivity index (χ0n) is 12.7. The average Bonchev–Trinajstić information content (AvgIpc) is 2.46. The van der Waals surface area contributed by atoms with E-state index in [9.17, 15) is 24.9 Å². The summed E-state index contributed by atoms with van der Waals surface area (Å²) in [7, 11) is 1.16. The van der Waals surface area contributed by atoms with Crippen molar-refractivity contribution in [1.82, 2.24) is 5.32 Å². The van der Waals surface area contributed by atoms with E-state index >= 15 is 0 Å². The summed E-state index contributed by atoms with van der Waals surface area (Å²) in [4.78, 5) is 22.8. The summed E-state index contributed by atoms with van der Waals surface area (Å²) in [5, 5.41) is 40.6. The van der Waals surface area contributed by atoms with Gasteiger partial charge in [-0.2, -0.15) is 0 Å². The highest BCUT2D eigenvalue weighted by Crippen LogP contribution is 2.36. The number of carbonyl (C=O) groups is 2. The predicted molar refractivity (Wildman–Crippen MR) is 72.7 cm³/mol. The summed E-state index contributed by atoms with van der Waals surface area (Å²) in [5.41, 5.74) is 0. The number of hydrogen-bond acceptors (Lipinski definition) is 7. The highest BCUT2D eigenvalue weighted by atomic mass is 16.7. The third-order valence-electron chi connectivity index (χ3n) is 3.83. The number of aliphatic hydroxyl groups is 3. The summed E-state index contributed by atoms with van der Waals surface area (Å²) in [5.74, 6) is -4.18. The van der Waals surface area contributed by atoms with Crippen LogP contribution in [0.5, 0.6) is 0 Å². The Bertz CT molecular complexity index is 417. The van der Waals surface area contributed by atoms with Gasteiger partial charge < -0.3 is 35.2 Å². The number of ether oxygens (including phenoxy) is 2. The van der Waals surface area contributed by atoms with Gasteiger partial charge in [-0.05, 0) is 5.92 Å². The fraction of sp³-hybridized carbons (Fsp3) is 0.846. The number of rotatable bonds is 6. The molecule has 1 amide bonds. The van der Waals surface area contributed by atoms with Crippen molar-refractivity contribution >= 4 is 11.9 Å². The van der Waals surface area contributed by atoms with E-state index in [4.69, 9.17) is 14.6 Å². The summed E-state index contributed by atoms with van der Waals surface area (Å²) >= 11 is 0. The summed E-state index contributed by atoms with van der Waals surface area (Å²) in [6.45, 7) is 2.20. The third-order valence-corrected chi connectivity index (χ3v) is 3.83. The molecule has 5 N–H and O–H groups in total. The smallest absolute Gasteiger partial charge is 0.364 e. The van der Waals surface area contributed by atoms with E-state index in [1.165, 1.54) is 6.92 Å². The second-order valence-corrected chi connectivity index (χ2v) is 5.49. The van der Waals surface area contributed by atoms with Crippen LogP contribution in [0, 0.1) is 5.92 Å². The fourth-order valence-electron chi connectivity index (χ4n) is 2.64. The van der Waals surface area contributed by atoms with E-state index in [-0.39, 0.29) is 6.42 Å². The van der Waals surface area contributed by atoms with E-state index in [1.54, 1.807) is 6.92 Å². The lowest BCUT2D eigenvalue weighted by molar-refractivity contribution is -0.297. The van der Waals surface area contributed by atoms with E-state index in [0.717, 1.165) is 7.11 Å². The zero-order valence-corrected chi connectivity index (χ0v) is 12.7. The first-order chi connectivity index (χ1) is 10.2. The molecule has 1 saturated heterocycles. The summed E-state index contributed by atoms with van der Waals surface area (Å²) in [6.07, 6.45) is -4.46. The van der Waals surface area contributed by atoms with Crippen molar-refractivity contribution in [2.75, 3.05) is 13.7 Å². The fourth-order valence-corrected chi connectivity index (χ4v) is 2.64. The molecule has 1 aliphatic rings. The number of carboxylic acids is 1. The molecule has 9 heteroatoms. The quantitative estimate of drug-likeness (QED) is 0.380. The highest BCUT2D eigenvalue weighted by Gasteiger charge is 2.54. The Labute approximate surface area is 127 Å². The van der Waals surface area contributed by atoms with Gasteiger partial charge in [0.2, 0.25) is 5.91 Å². The Morgan fingerprint density at radius 2 is 2.05 bits per heavy atom. The van der Waals surface area contributed by atoms with Crippen molar-refractivity contribution in [3.63, 3.8) is 0 Å². The standard InChI is InChI=1S/C13H23NO8/c1-6-4-13(21-3,12(19)20)22-11(9(6)14-7(2)16)10(18)8(17)5-15/h6,8-11,15,17-18H,4-5H2,1-3H3,(H,14,16)(H,19,20). The molecule has 0 aromatic rings. The number of carboxylic acid groups (broad SMARTS) is 1. The Morgan fingerprint density at radius 3 is 2.45 bits per heavy atom. The van der Waals surface area contributed by atoms with Gasteiger partial charge in [0.25, 0.3) is 5.79 Å². The van der Waals surface area contributed by atoms with Gasteiger partial charge in [0.05, 0.1) is 12.6 Å². The Kier molecular flexibility index (Phi) is 6.27. The Balaban J connectivity index is 3.14. The normalized spacial score (nSPS) is 34.7. The SMILES string of the molecule is COC1(C(=O)O)CC(C)C(NC(C)=O)C(C(O)C(O)CO)O1. The van der Waals surface area contributed by atoms with Crippen LogP contribution in [0.2, 0.25) is 0 Å². The van der Waals surface area contributed by atoms with Crippen LogP contribution >= 0.6 is 0 Å². The number of nitrogens with one attached hydrogen (secondary N) is 1. The molecule has 0 spiro atoms. The highest BCUT2D eigenvalue weighted by molar-refractivity contribution is 5.76. The first-order valence-corrected chi connectivity index (χ1v) is 6.89. The Hall–Kier alpha value is -1.26. The molecule has 0 aromatic carbocycles. The molecule has 0 aromatic heterocycles. The molecule has 128 valence electrons.